The van der Waals surface area contributed by atoms with Crippen LogP contribution in [0.15, 0.2) is 170 Å². The minimum absolute atomic E-state index is 0.0571. The minimum atomic E-state index is -3.09. The standard InChI is InChI=1S/C36H37N7O6.C32H35N7O6/c1-35(2,3)30-20-31(43(40-30)25-13-11-24(12-14-25)22-42-33(45)36(47,48)32(44)41(42)4)39-34(46)38-28-15-16-29(27-10-6-5-9-26(27)28)49-19-17-23-8-7-18-37-21-23;1-31(2,3)26-18-27(35-30(42)34-23-9-13-25(14-10-23)45-17-15-21-6-5-16-33-19-21)39(36-26)24-11-7-22(8-12-24)20-38-29(41)32(43,44)28(40)37(38)4/h5-16,18,20-21,47-48H,17,19,22H2,1-4H3,(H2,38,39,46);5-14,16,18-19,43-44H,15,17,20H2,1-4H3,(H2,34,35,42). The molecular weight excluding hydrogens is 1200 g/mol. The Kier molecular flexibility index (Phi) is 18.9. The van der Waals surface area contributed by atoms with Gasteiger partial charge in [-0.25, -0.2) is 39.0 Å². The van der Waals surface area contributed by atoms with Crippen LogP contribution >= 0.6 is 0 Å². The predicted molar refractivity (Wildman–Crippen MR) is 348 cm³/mol. The minimum Gasteiger partial charge on any atom is -0.493 e. The Hall–Kier alpha value is -11.1. The number of carbonyl (C=O) groups is 6. The van der Waals surface area contributed by atoms with Crippen molar-refractivity contribution in [2.75, 3.05) is 48.6 Å². The molecule has 2 aliphatic heterocycles. The number of benzene rings is 5. The van der Waals surface area contributed by atoms with Crippen molar-refractivity contribution < 1.29 is 58.7 Å². The summed E-state index contributed by atoms with van der Waals surface area (Å²) in [5.74, 6) is -8.40. The zero-order valence-electron chi connectivity index (χ0n) is 52.9. The van der Waals surface area contributed by atoms with E-state index in [4.69, 9.17) is 19.7 Å². The van der Waals surface area contributed by atoms with Crippen molar-refractivity contribution in [2.45, 2.75) is 89.9 Å². The maximum atomic E-state index is 13.5. The molecule has 9 aromatic rings. The Bertz CT molecular complexity index is 4240. The van der Waals surface area contributed by atoms with Crippen LogP contribution in [0.2, 0.25) is 0 Å². The van der Waals surface area contributed by atoms with Gasteiger partial charge in [0.2, 0.25) is 0 Å². The van der Waals surface area contributed by atoms with Crippen LogP contribution in [0.5, 0.6) is 11.5 Å². The molecular formula is C68H72N14O12. The molecule has 0 unspecified atom stereocenters. The van der Waals surface area contributed by atoms with E-state index in [2.05, 4.69) is 31.2 Å². The number of hydrogen-bond donors (Lipinski definition) is 8. The number of fused-ring (bicyclic) bond motifs is 1. The first-order valence-electron chi connectivity index (χ1n) is 30.0. The number of pyridine rings is 2. The molecule has 2 aliphatic rings. The third-order valence-corrected chi connectivity index (χ3v) is 15.4. The van der Waals surface area contributed by atoms with Crippen LogP contribution in [0.4, 0.5) is 32.6 Å². The van der Waals surface area contributed by atoms with Crippen LogP contribution in [0.25, 0.3) is 22.1 Å². The molecule has 0 aliphatic carbocycles. The molecule has 5 aromatic carbocycles. The number of hydrogen-bond acceptors (Lipinski definition) is 16. The number of carbonyl (C=O) groups excluding carboxylic acids is 6. The number of likely N-dealkylation sites (N-methyl/N-ethyl adjacent to an activating group) is 2. The number of anilines is 4. The molecule has 26 heteroatoms. The van der Waals surface area contributed by atoms with E-state index in [9.17, 15) is 49.2 Å². The Balaban J connectivity index is 0.000000206. The van der Waals surface area contributed by atoms with Gasteiger partial charge in [-0.15, -0.1) is 0 Å². The van der Waals surface area contributed by atoms with Gasteiger partial charge in [0.25, 0.3) is 0 Å². The first-order chi connectivity index (χ1) is 44.6. The number of urea groups is 2. The maximum absolute atomic E-state index is 13.5. The third-order valence-electron chi connectivity index (χ3n) is 15.4. The van der Waals surface area contributed by atoms with Gasteiger partial charge in [-0.3, -0.25) is 39.8 Å². The van der Waals surface area contributed by atoms with E-state index >= 15 is 0 Å². The lowest BCUT2D eigenvalue weighted by Crippen LogP contribution is -2.43. The molecule has 6 heterocycles. The first-order valence-corrected chi connectivity index (χ1v) is 30.0. The van der Waals surface area contributed by atoms with Crippen LogP contribution < -0.4 is 30.7 Å². The van der Waals surface area contributed by atoms with Crippen molar-refractivity contribution in [3.8, 4) is 22.9 Å². The van der Waals surface area contributed by atoms with Gasteiger partial charge in [0.15, 0.2) is 0 Å². The molecule has 0 spiro atoms. The highest BCUT2D eigenvalue weighted by molar-refractivity contribution is 6.11. The zero-order valence-corrected chi connectivity index (χ0v) is 52.9. The number of nitrogens with zero attached hydrogens (tertiary/aromatic N) is 10. The van der Waals surface area contributed by atoms with Crippen molar-refractivity contribution in [3.05, 3.63) is 204 Å². The maximum Gasteiger partial charge on any atom is 0.330 e. The Labute approximate surface area is 540 Å². The molecule has 8 N–H and O–H groups in total. The second-order valence-electron chi connectivity index (χ2n) is 24.5. The van der Waals surface area contributed by atoms with Crippen LogP contribution in [0.1, 0.15) is 75.2 Å². The lowest BCUT2D eigenvalue weighted by atomic mass is 9.92. The van der Waals surface area contributed by atoms with Crippen molar-refractivity contribution in [3.63, 3.8) is 0 Å². The van der Waals surface area contributed by atoms with Gasteiger partial charge in [-0.2, -0.15) is 10.2 Å². The number of amides is 8. The summed E-state index contributed by atoms with van der Waals surface area (Å²) in [5.41, 5.74) is 6.73. The molecule has 0 bridgehead atoms. The Morgan fingerprint density at radius 2 is 0.936 bits per heavy atom. The lowest BCUT2D eigenvalue weighted by molar-refractivity contribution is -0.186. The number of aliphatic hydroxyl groups is 4. The number of ether oxygens (including phenoxy) is 2. The van der Waals surface area contributed by atoms with E-state index in [1.54, 1.807) is 107 Å². The smallest absolute Gasteiger partial charge is 0.330 e. The lowest BCUT2D eigenvalue weighted by Gasteiger charge is -2.23. The summed E-state index contributed by atoms with van der Waals surface area (Å²) in [6, 6.07) is 42.8. The molecule has 486 valence electrons. The highest BCUT2D eigenvalue weighted by Gasteiger charge is 2.57. The average molecular weight is 1280 g/mol. The molecule has 8 amide bonds. The fourth-order valence-corrected chi connectivity index (χ4v) is 10.1. The summed E-state index contributed by atoms with van der Waals surface area (Å²) in [6.07, 6.45) is 8.53. The molecule has 0 radical (unpaired) electrons. The van der Waals surface area contributed by atoms with E-state index in [1.807, 2.05) is 114 Å². The molecule has 2 fully saturated rings. The Morgan fingerprint density at radius 1 is 0.489 bits per heavy atom. The van der Waals surface area contributed by atoms with Crippen LogP contribution in [-0.4, -0.2) is 145 Å². The molecule has 94 heavy (non-hydrogen) atoms. The summed E-state index contributed by atoms with van der Waals surface area (Å²) in [6.45, 7) is 13.0. The quantitative estimate of drug-likeness (QED) is 0.0303. The van der Waals surface area contributed by atoms with Gasteiger partial charge in [0.1, 0.15) is 23.1 Å². The van der Waals surface area contributed by atoms with Crippen molar-refractivity contribution in [1.29, 1.82) is 0 Å². The van der Waals surface area contributed by atoms with E-state index in [-0.39, 0.29) is 23.9 Å². The SMILES string of the molecule is CN1C(=O)C(O)(O)C(=O)N1Cc1ccc(-n2nc(C(C)(C)C)cc2NC(=O)Nc2ccc(OCCc3cccnc3)c3ccccc23)cc1.CN1C(=O)C(O)(O)C(=O)N1Cc1ccc(-n2nc(C(C)(C)C)cc2NC(=O)Nc2ccc(OCCc3cccnc3)cc2)cc1. The van der Waals surface area contributed by atoms with Gasteiger partial charge < -0.3 is 40.5 Å². The van der Waals surface area contributed by atoms with E-state index in [0.29, 0.717) is 76.6 Å². The summed E-state index contributed by atoms with van der Waals surface area (Å²) in [5, 5.41) is 65.8. The molecule has 26 nitrogen and oxygen atoms in total. The number of hydrazine groups is 2. The van der Waals surface area contributed by atoms with Gasteiger partial charge in [-0.1, -0.05) is 102 Å². The van der Waals surface area contributed by atoms with Gasteiger partial charge in [0.05, 0.1) is 54.8 Å². The average Bonchev–Trinajstić information content (AvgIpc) is 1.60. The molecule has 0 atom stereocenters. The Morgan fingerprint density at radius 3 is 1.36 bits per heavy atom. The van der Waals surface area contributed by atoms with Crippen molar-refractivity contribution in [1.82, 2.24) is 49.6 Å². The van der Waals surface area contributed by atoms with Gasteiger partial charge in [-0.05, 0) is 95.1 Å². The van der Waals surface area contributed by atoms with E-state index in [1.165, 1.54) is 14.1 Å². The third kappa shape index (κ3) is 14.8. The number of nitrogens with one attached hydrogen (secondary N) is 4. The van der Waals surface area contributed by atoms with Gasteiger partial charge in [0, 0.05) is 91.1 Å². The molecule has 4 aromatic heterocycles. The van der Waals surface area contributed by atoms with E-state index in [0.717, 1.165) is 59.7 Å². The number of rotatable bonds is 18. The zero-order chi connectivity index (χ0) is 67.3. The van der Waals surface area contributed by atoms with Crippen molar-refractivity contribution in [2.24, 2.45) is 0 Å². The summed E-state index contributed by atoms with van der Waals surface area (Å²) < 4.78 is 15.1. The topological polar surface area (TPSA) is 324 Å². The molecule has 11 rings (SSSR count). The summed E-state index contributed by atoms with van der Waals surface area (Å²) >= 11 is 0. The highest BCUT2D eigenvalue weighted by atomic mass is 16.5. The van der Waals surface area contributed by atoms with Crippen LogP contribution in [0, 0.1) is 0 Å². The van der Waals surface area contributed by atoms with E-state index < -0.39 is 47.3 Å². The largest absolute Gasteiger partial charge is 0.493 e. The fraction of sp³-hybridized carbons (Fsp3) is 0.265. The van der Waals surface area contributed by atoms with Crippen molar-refractivity contribution >= 4 is 69.5 Å². The molecule has 0 saturated carbocycles. The predicted octanol–water partition coefficient (Wildman–Crippen LogP) is 7.61. The second-order valence-corrected chi connectivity index (χ2v) is 24.5. The van der Waals surface area contributed by atoms with Gasteiger partial charge >= 0.3 is 47.3 Å². The second kappa shape index (κ2) is 27.0. The van der Waals surface area contributed by atoms with Crippen LogP contribution in [0.3, 0.4) is 0 Å². The summed E-state index contributed by atoms with van der Waals surface area (Å²) in [7, 11) is 2.58. The number of aromatic nitrogens is 6. The monoisotopic (exact) mass is 1280 g/mol. The first kappa shape index (κ1) is 65.9. The normalized spacial score (nSPS) is 14.5. The molecule has 2 saturated heterocycles. The van der Waals surface area contributed by atoms with Crippen LogP contribution in [-0.2, 0) is 55.9 Å². The fourth-order valence-electron chi connectivity index (χ4n) is 10.1. The highest BCUT2D eigenvalue weighted by Crippen LogP contribution is 2.34. The summed E-state index contributed by atoms with van der Waals surface area (Å²) in [4.78, 5) is 83.5.